The van der Waals surface area contributed by atoms with Gasteiger partial charge < -0.3 is 4.74 Å². The van der Waals surface area contributed by atoms with Gasteiger partial charge in [0.1, 0.15) is 5.75 Å². The second kappa shape index (κ2) is 6.45. The molecule has 1 saturated carbocycles. The Morgan fingerprint density at radius 2 is 2.10 bits per heavy atom. The van der Waals surface area contributed by atoms with E-state index >= 15 is 0 Å². The van der Waals surface area contributed by atoms with Crippen molar-refractivity contribution >= 4 is 39.3 Å². The van der Waals surface area contributed by atoms with Crippen LogP contribution < -0.4 is 15.6 Å². The van der Waals surface area contributed by atoms with Crippen LogP contribution in [0.5, 0.6) is 5.75 Å². The van der Waals surface area contributed by atoms with Crippen LogP contribution in [0, 0.1) is 5.92 Å². The molecule has 0 bridgehead atoms. The molecule has 2 rings (SSSR count). The Balaban J connectivity index is 1.85. The van der Waals surface area contributed by atoms with Crippen LogP contribution in [0.4, 0.5) is 0 Å². The van der Waals surface area contributed by atoms with Gasteiger partial charge >= 0.3 is 0 Å². The van der Waals surface area contributed by atoms with Crippen LogP contribution in [0.1, 0.15) is 19.8 Å². The topological polar surface area (TPSA) is 67.4 Å². The lowest BCUT2D eigenvalue weighted by atomic mass is 10.3. The van der Waals surface area contributed by atoms with E-state index in [0.717, 1.165) is 12.8 Å². The zero-order chi connectivity index (χ0) is 14.7. The number of benzene rings is 1. The Bertz CT molecular complexity index is 534. The molecule has 20 heavy (non-hydrogen) atoms. The van der Waals surface area contributed by atoms with Gasteiger partial charge in [-0.15, -0.1) is 0 Å². The molecule has 7 heteroatoms. The third kappa shape index (κ3) is 4.11. The fourth-order valence-corrected chi connectivity index (χ4v) is 2.26. The largest absolute Gasteiger partial charge is 0.480 e. The number of hydrogen-bond acceptors (Lipinski definition) is 3. The van der Waals surface area contributed by atoms with Crippen molar-refractivity contribution in [3.63, 3.8) is 0 Å². The molecule has 1 aromatic rings. The van der Waals surface area contributed by atoms with Crippen molar-refractivity contribution < 1.29 is 14.3 Å². The van der Waals surface area contributed by atoms with Gasteiger partial charge in [0.15, 0.2) is 6.10 Å². The van der Waals surface area contributed by atoms with Crippen LogP contribution in [0.25, 0.3) is 0 Å². The van der Waals surface area contributed by atoms with Crippen LogP contribution in [0.15, 0.2) is 22.7 Å². The van der Waals surface area contributed by atoms with Gasteiger partial charge in [-0.2, -0.15) is 0 Å². The number of amides is 2. The summed E-state index contributed by atoms with van der Waals surface area (Å²) in [7, 11) is 0. The van der Waals surface area contributed by atoms with Crippen molar-refractivity contribution in [3.05, 3.63) is 27.7 Å². The van der Waals surface area contributed by atoms with Gasteiger partial charge in [-0.3, -0.25) is 20.4 Å². The molecule has 0 aromatic heterocycles. The van der Waals surface area contributed by atoms with Crippen LogP contribution in [-0.2, 0) is 9.59 Å². The maximum Gasteiger partial charge on any atom is 0.279 e. The molecule has 1 aromatic carbocycles. The van der Waals surface area contributed by atoms with E-state index in [1.165, 1.54) is 0 Å². The van der Waals surface area contributed by atoms with Crippen LogP contribution >= 0.6 is 27.5 Å². The van der Waals surface area contributed by atoms with Crippen molar-refractivity contribution in [3.8, 4) is 5.75 Å². The number of rotatable bonds is 4. The van der Waals surface area contributed by atoms with Gasteiger partial charge in [0.25, 0.3) is 5.91 Å². The van der Waals surface area contributed by atoms with E-state index in [4.69, 9.17) is 16.3 Å². The maximum absolute atomic E-state index is 11.8. The van der Waals surface area contributed by atoms with Crippen molar-refractivity contribution in [2.24, 2.45) is 5.92 Å². The second-order valence-corrected chi connectivity index (χ2v) is 5.88. The molecule has 1 aliphatic rings. The molecule has 0 aliphatic heterocycles. The molecule has 5 nitrogen and oxygen atoms in total. The van der Waals surface area contributed by atoms with Crippen LogP contribution in [-0.4, -0.2) is 17.9 Å². The molecule has 1 fully saturated rings. The summed E-state index contributed by atoms with van der Waals surface area (Å²) in [5, 5.41) is 0.568. The third-order valence-corrected chi connectivity index (χ3v) is 3.68. The number of nitrogens with one attached hydrogen (secondary N) is 2. The first-order valence-electron chi connectivity index (χ1n) is 6.19. The molecule has 0 radical (unpaired) electrons. The summed E-state index contributed by atoms with van der Waals surface area (Å²) in [6, 6.07) is 5.01. The summed E-state index contributed by atoms with van der Waals surface area (Å²) in [6.07, 6.45) is 1.02. The minimum absolute atomic E-state index is 0.0388. The molecular weight excluding hydrogens is 348 g/mol. The van der Waals surface area contributed by atoms with Crippen LogP contribution in [0.2, 0.25) is 5.02 Å². The van der Waals surface area contributed by atoms with Crippen LogP contribution in [0.3, 0.4) is 0 Å². The molecule has 1 unspecified atom stereocenters. The zero-order valence-corrected chi connectivity index (χ0v) is 13.1. The highest BCUT2D eigenvalue weighted by molar-refractivity contribution is 9.10. The monoisotopic (exact) mass is 360 g/mol. The number of carbonyl (C=O) groups excluding carboxylic acids is 2. The van der Waals surface area contributed by atoms with E-state index < -0.39 is 12.0 Å². The normalized spacial score (nSPS) is 15.3. The smallest absolute Gasteiger partial charge is 0.279 e. The van der Waals surface area contributed by atoms with E-state index in [1.807, 2.05) is 0 Å². The summed E-state index contributed by atoms with van der Waals surface area (Å²) in [6.45, 7) is 1.60. The first kappa shape index (κ1) is 15.1. The molecule has 2 amide bonds. The molecular formula is C13H14BrClN2O3. The highest BCUT2D eigenvalue weighted by Gasteiger charge is 2.30. The molecule has 108 valence electrons. The van der Waals surface area contributed by atoms with Gasteiger partial charge in [-0.1, -0.05) is 11.6 Å². The molecule has 2 N–H and O–H groups in total. The fraction of sp³-hybridized carbons (Fsp3) is 0.385. The predicted octanol–water partition coefficient (Wildman–Crippen LogP) is 2.43. The number of hydrazine groups is 1. The van der Waals surface area contributed by atoms with E-state index in [-0.39, 0.29) is 11.8 Å². The Labute approximate surface area is 130 Å². The summed E-state index contributed by atoms with van der Waals surface area (Å²) in [5.74, 6) is -0.0263. The highest BCUT2D eigenvalue weighted by atomic mass is 79.9. The van der Waals surface area contributed by atoms with Crippen molar-refractivity contribution in [1.82, 2.24) is 10.9 Å². The minimum Gasteiger partial charge on any atom is -0.480 e. The Morgan fingerprint density at radius 3 is 2.70 bits per heavy atom. The minimum atomic E-state index is -0.744. The van der Waals surface area contributed by atoms with Gasteiger partial charge in [0.05, 0.1) is 4.47 Å². The molecule has 1 atom stereocenters. The number of hydrogen-bond donors (Lipinski definition) is 2. The zero-order valence-electron chi connectivity index (χ0n) is 10.8. The van der Waals surface area contributed by atoms with E-state index in [1.54, 1.807) is 25.1 Å². The quantitative estimate of drug-likeness (QED) is 0.809. The molecule has 0 saturated heterocycles. The summed E-state index contributed by atoms with van der Waals surface area (Å²) < 4.78 is 6.16. The number of carbonyl (C=O) groups is 2. The summed E-state index contributed by atoms with van der Waals surface area (Å²) in [4.78, 5) is 23.2. The lowest BCUT2D eigenvalue weighted by Crippen LogP contribution is -2.47. The second-order valence-electron chi connectivity index (χ2n) is 4.59. The fourth-order valence-electron chi connectivity index (χ4n) is 1.49. The third-order valence-electron chi connectivity index (χ3n) is 2.82. The molecule has 1 aliphatic carbocycles. The average Bonchev–Trinajstić information content (AvgIpc) is 3.23. The van der Waals surface area contributed by atoms with E-state index in [0.29, 0.717) is 15.2 Å². The van der Waals surface area contributed by atoms with Crippen molar-refractivity contribution in [2.45, 2.75) is 25.9 Å². The standard InChI is InChI=1S/C13H14BrClN2O3/c1-7(12(18)16-17-13(19)8-2-3-8)20-11-5-4-9(15)6-10(11)14/h4-8H,2-3H2,1H3,(H,16,18)(H,17,19). The first-order valence-corrected chi connectivity index (χ1v) is 7.36. The number of ether oxygens (including phenoxy) is 1. The summed E-state index contributed by atoms with van der Waals surface area (Å²) >= 11 is 9.13. The Hall–Kier alpha value is -1.27. The SMILES string of the molecule is CC(Oc1ccc(Cl)cc1Br)C(=O)NNC(=O)C1CC1. The van der Waals surface area contributed by atoms with Crippen molar-refractivity contribution in [2.75, 3.05) is 0 Å². The van der Waals surface area contributed by atoms with Gasteiger partial charge in [0, 0.05) is 10.9 Å². The highest BCUT2D eigenvalue weighted by Crippen LogP contribution is 2.29. The lowest BCUT2D eigenvalue weighted by molar-refractivity contribution is -0.133. The molecule has 0 heterocycles. The first-order chi connectivity index (χ1) is 9.47. The lowest BCUT2D eigenvalue weighted by Gasteiger charge is -2.16. The van der Waals surface area contributed by atoms with E-state index in [9.17, 15) is 9.59 Å². The summed E-state index contributed by atoms with van der Waals surface area (Å²) in [5.41, 5.74) is 4.73. The Morgan fingerprint density at radius 1 is 1.40 bits per heavy atom. The van der Waals surface area contributed by atoms with Gasteiger partial charge in [0.2, 0.25) is 5.91 Å². The number of halogens is 2. The predicted molar refractivity (Wildman–Crippen MR) is 78.3 cm³/mol. The Kier molecular flexibility index (Phi) is 4.88. The van der Waals surface area contributed by atoms with Gasteiger partial charge in [-0.05, 0) is 53.9 Å². The maximum atomic E-state index is 11.8. The molecule has 0 spiro atoms. The van der Waals surface area contributed by atoms with Crippen molar-refractivity contribution in [1.29, 1.82) is 0 Å². The van der Waals surface area contributed by atoms with Gasteiger partial charge in [-0.25, -0.2) is 0 Å². The average molecular weight is 362 g/mol. The van der Waals surface area contributed by atoms with E-state index in [2.05, 4.69) is 26.8 Å².